The second-order valence-electron chi connectivity index (χ2n) is 4.59. The van der Waals surface area contributed by atoms with E-state index in [-0.39, 0.29) is 12.3 Å². The fraction of sp³-hybridized carbons (Fsp3) is 0.400. The summed E-state index contributed by atoms with van der Waals surface area (Å²) in [7, 11) is -9.96. The van der Waals surface area contributed by atoms with E-state index in [0.717, 1.165) is 10.6 Å². The molecular formula is C10H16N2O10P2. The third-order valence-corrected chi connectivity index (χ3v) is 4.96. The Balaban J connectivity index is 2.74. The second kappa shape index (κ2) is 8.04. The van der Waals surface area contributed by atoms with Gasteiger partial charge in [-0.15, -0.1) is 0 Å². The van der Waals surface area contributed by atoms with Crippen LogP contribution in [-0.4, -0.2) is 42.3 Å². The number of aromatic nitrogens is 2. The van der Waals surface area contributed by atoms with Gasteiger partial charge in [0, 0.05) is 18.8 Å². The lowest BCUT2D eigenvalue weighted by molar-refractivity contribution is 0.143. The highest BCUT2D eigenvalue weighted by Crippen LogP contribution is 2.56. The van der Waals surface area contributed by atoms with Crippen LogP contribution >= 0.6 is 15.4 Å². The van der Waals surface area contributed by atoms with Gasteiger partial charge < -0.3 is 24.5 Å². The molecule has 2 atom stereocenters. The van der Waals surface area contributed by atoms with Gasteiger partial charge in [0.05, 0.1) is 18.3 Å². The molecule has 0 aliphatic heterocycles. The smallest absolute Gasteiger partial charge is 0.476 e. The highest BCUT2D eigenvalue weighted by Gasteiger charge is 2.32. The number of rotatable bonds is 9. The van der Waals surface area contributed by atoms with Crippen molar-refractivity contribution in [1.82, 2.24) is 9.55 Å². The van der Waals surface area contributed by atoms with Crippen LogP contribution in [0.3, 0.4) is 0 Å². The number of hydrogen-bond acceptors (Lipinski definition) is 7. The van der Waals surface area contributed by atoms with Crippen molar-refractivity contribution in [1.29, 1.82) is 0 Å². The molecule has 0 fully saturated rings. The summed E-state index contributed by atoms with van der Waals surface area (Å²) in [4.78, 5) is 50.7. The molecule has 0 spiro atoms. The van der Waals surface area contributed by atoms with Crippen LogP contribution in [0.4, 0.5) is 0 Å². The van der Waals surface area contributed by atoms with Gasteiger partial charge in [-0.2, -0.15) is 0 Å². The van der Waals surface area contributed by atoms with Gasteiger partial charge in [-0.25, -0.2) is 13.7 Å². The second-order valence-corrected chi connectivity index (χ2v) is 7.76. The zero-order valence-electron chi connectivity index (χ0n) is 12.1. The van der Waals surface area contributed by atoms with Crippen molar-refractivity contribution < 1.29 is 38.0 Å². The van der Waals surface area contributed by atoms with Crippen LogP contribution in [-0.2, 0) is 24.7 Å². The first-order chi connectivity index (χ1) is 10.9. The monoisotopic (exact) mass is 386 g/mol. The molecule has 1 heterocycles. The quantitative estimate of drug-likeness (QED) is 0.258. The minimum absolute atomic E-state index is 0.167. The van der Waals surface area contributed by atoms with Crippen LogP contribution in [0.5, 0.6) is 0 Å². The Morgan fingerprint density at radius 1 is 1.33 bits per heavy atom. The normalized spacial score (nSPS) is 15.5. The minimum Gasteiger partial charge on any atom is -0.485 e. The molecule has 0 saturated heterocycles. The molecular weight excluding hydrogens is 370 g/mol. The van der Waals surface area contributed by atoms with Crippen LogP contribution in [0.1, 0.15) is 0 Å². The first-order valence-corrected chi connectivity index (χ1v) is 9.54. The summed E-state index contributed by atoms with van der Waals surface area (Å²) in [5.41, 5.74) is -1.35. The van der Waals surface area contributed by atoms with Crippen LogP contribution in [0, 0.1) is 5.92 Å². The summed E-state index contributed by atoms with van der Waals surface area (Å²) in [5, 5.41) is 9.30. The lowest BCUT2D eigenvalue weighted by atomic mass is 10.1. The molecule has 0 saturated carbocycles. The van der Waals surface area contributed by atoms with Crippen molar-refractivity contribution in [2.24, 2.45) is 5.92 Å². The average Bonchev–Trinajstić information content (AvgIpc) is 2.41. The zero-order chi connectivity index (χ0) is 18.5. The lowest BCUT2D eigenvalue weighted by Crippen LogP contribution is -2.32. The molecule has 0 amide bonds. The number of aromatic amines is 1. The maximum absolute atomic E-state index is 11.6. The van der Waals surface area contributed by atoms with Gasteiger partial charge >= 0.3 is 21.1 Å². The fourth-order valence-electron chi connectivity index (χ4n) is 1.56. The van der Waals surface area contributed by atoms with E-state index in [1.54, 1.807) is 0 Å². The maximum Gasteiger partial charge on any atom is 0.476 e. The predicted octanol–water partition coefficient (Wildman–Crippen LogP) is -1.07. The van der Waals surface area contributed by atoms with Crippen LogP contribution in [0.2, 0.25) is 0 Å². The van der Waals surface area contributed by atoms with E-state index in [0.29, 0.717) is 0 Å². The van der Waals surface area contributed by atoms with E-state index in [1.165, 1.54) is 6.20 Å². The van der Waals surface area contributed by atoms with Gasteiger partial charge in [-0.05, 0) is 0 Å². The van der Waals surface area contributed by atoms with E-state index in [9.17, 15) is 28.7 Å². The molecule has 0 aliphatic carbocycles. The molecule has 136 valence electrons. The molecule has 12 nitrogen and oxygen atoms in total. The number of aliphatic hydroxyl groups excluding tert-OH is 1. The molecule has 0 aliphatic rings. The van der Waals surface area contributed by atoms with Gasteiger partial charge in [0.2, 0.25) is 0 Å². The highest BCUT2D eigenvalue weighted by molar-refractivity contribution is 7.63. The molecule has 2 unspecified atom stereocenters. The number of phosphoric acid groups is 1. The number of H-pyrrole nitrogens is 1. The number of ether oxygens (including phenoxy) is 1. The van der Waals surface area contributed by atoms with Crippen molar-refractivity contribution in [3.05, 3.63) is 45.4 Å². The standard InChI is InChI=1S/C10H16N2O10P2/c1-7(21-6-23(16,17)22-24(18,19)20)8(5-13)4-12-3-2-9(14)11-10(12)15/h2-3,8,13H,1,4-6H2,(H,16,17)(H,11,14,15)(H2,18,19,20). The summed E-state index contributed by atoms with van der Waals surface area (Å²) >= 11 is 0. The number of nitrogens with zero attached hydrogens (tertiary/aromatic N) is 1. The van der Waals surface area contributed by atoms with E-state index >= 15 is 0 Å². The molecule has 1 aromatic heterocycles. The van der Waals surface area contributed by atoms with E-state index in [4.69, 9.17) is 14.5 Å². The largest absolute Gasteiger partial charge is 0.485 e. The van der Waals surface area contributed by atoms with Crippen molar-refractivity contribution >= 4 is 15.4 Å². The van der Waals surface area contributed by atoms with Crippen molar-refractivity contribution in [2.45, 2.75) is 6.54 Å². The number of hydrogen-bond donors (Lipinski definition) is 5. The lowest BCUT2D eigenvalue weighted by Gasteiger charge is -2.20. The van der Waals surface area contributed by atoms with Crippen molar-refractivity contribution in [3.63, 3.8) is 0 Å². The van der Waals surface area contributed by atoms with Gasteiger partial charge in [0.25, 0.3) is 5.56 Å². The third-order valence-electron chi connectivity index (χ3n) is 2.64. The Labute approximate surface area is 134 Å². The number of nitrogens with one attached hydrogen (secondary N) is 1. The minimum atomic E-state index is -5.20. The molecule has 1 aromatic rings. The van der Waals surface area contributed by atoms with Crippen LogP contribution < -0.4 is 11.2 Å². The zero-order valence-corrected chi connectivity index (χ0v) is 13.9. The number of aliphatic hydroxyl groups is 1. The Morgan fingerprint density at radius 3 is 2.46 bits per heavy atom. The van der Waals surface area contributed by atoms with Crippen molar-refractivity contribution in [2.75, 3.05) is 13.0 Å². The van der Waals surface area contributed by atoms with Gasteiger partial charge in [0.15, 0.2) is 6.35 Å². The van der Waals surface area contributed by atoms with Gasteiger partial charge in [-0.1, -0.05) is 6.58 Å². The molecule has 14 heteroatoms. The van der Waals surface area contributed by atoms with Crippen LogP contribution in [0.15, 0.2) is 34.2 Å². The van der Waals surface area contributed by atoms with Gasteiger partial charge in [0.1, 0.15) is 0 Å². The van der Waals surface area contributed by atoms with Crippen molar-refractivity contribution in [3.8, 4) is 0 Å². The average molecular weight is 386 g/mol. The molecule has 5 N–H and O–H groups in total. The first-order valence-electron chi connectivity index (χ1n) is 6.24. The summed E-state index contributed by atoms with van der Waals surface area (Å²) in [6.07, 6.45) is 0.0545. The topological polar surface area (TPSA) is 188 Å². The SMILES string of the molecule is C=C(OCP(=O)(O)OP(=O)(O)O)C(CO)Cn1ccc(=O)[nH]c1=O. The van der Waals surface area contributed by atoms with E-state index in [1.807, 2.05) is 4.98 Å². The molecule has 1 rings (SSSR count). The van der Waals surface area contributed by atoms with Crippen LogP contribution in [0.25, 0.3) is 0 Å². The Kier molecular flexibility index (Phi) is 6.87. The maximum atomic E-state index is 11.6. The molecule has 0 bridgehead atoms. The first kappa shape index (κ1) is 20.5. The third kappa shape index (κ3) is 6.93. The summed E-state index contributed by atoms with van der Waals surface area (Å²) in [5.74, 6) is -1.12. The Hall–Kier alpha value is -1.52. The van der Waals surface area contributed by atoms with E-state index < -0.39 is 45.5 Å². The van der Waals surface area contributed by atoms with Gasteiger partial charge in [-0.3, -0.25) is 18.9 Å². The summed E-state index contributed by atoms with van der Waals surface area (Å²) in [6.45, 7) is 2.69. The molecule has 0 radical (unpaired) electrons. The Morgan fingerprint density at radius 2 is 1.96 bits per heavy atom. The summed E-state index contributed by atoms with van der Waals surface area (Å²) < 4.78 is 31.5. The molecule has 24 heavy (non-hydrogen) atoms. The molecule has 0 aromatic carbocycles. The Bertz CT molecular complexity index is 793. The summed E-state index contributed by atoms with van der Waals surface area (Å²) in [6, 6.07) is 1.08. The predicted molar refractivity (Wildman–Crippen MR) is 79.9 cm³/mol. The fourth-order valence-corrected chi connectivity index (χ4v) is 3.41. The van der Waals surface area contributed by atoms with E-state index in [2.05, 4.69) is 10.9 Å². The highest BCUT2D eigenvalue weighted by atomic mass is 31.3.